The first-order valence-electron chi connectivity index (χ1n) is 4.11. The third-order valence-corrected chi connectivity index (χ3v) is 1.52. The van der Waals surface area contributed by atoms with E-state index >= 15 is 0 Å². The number of rotatable bonds is 3. The van der Waals surface area contributed by atoms with Crippen LogP contribution >= 0.6 is 0 Å². The number of carbonyl (C=O) groups excluding carboxylic acids is 2. The van der Waals surface area contributed by atoms with E-state index in [1.807, 2.05) is 0 Å². The normalized spacial score (nSPS) is 10.8. The number of Topliss-reactive ketones (excluding diaryl/α,β-unsaturated/α-hetero) is 1. The quantitative estimate of drug-likeness (QED) is 0.495. The minimum atomic E-state index is -0.516. The maximum Gasteiger partial charge on any atom is 0.333 e. The summed E-state index contributed by atoms with van der Waals surface area (Å²) in [7, 11) is 0. The Morgan fingerprint density at radius 2 is 1.77 bits per heavy atom. The molecule has 0 fully saturated rings. The van der Waals surface area contributed by atoms with Gasteiger partial charge in [0.25, 0.3) is 0 Å². The molecule has 74 valence electrons. The van der Waals surface area contributed by atoms with E-state index in [9.17, 15) is 9.59 Å². The lowest BCUT2D eigenvalue weighted by Crippen LogP contribution is -2.26. The van der Waals surface area contributed by atoms with Crippen molar-refractivity contribution in [3.8, 4) is 0 Å². The molecular formula is C10H16O3. The Morgan fingerprint density at radius 3 is 2.08 bits per heavy atom. The lowest BCUT2D eigenvalue weighted by Gasteiger charge is -2.15. The van der Waals surface area contributed by atoms with Gasteiger partial charge in [-0.1, -0.05) is 27.4 Å². The molecule has 0 rings (SSSR count). The molecule has 0 amide bonds. The number of ether oxygens (including phenoxy) is 1. The van der Waals surface area contributed by atoms with Crippen molar-refractivity contribution in [2.24, 2.45) is 5.41 Å². The molecule has 0 aromatic carbocycles. The molecule has 0 radical (unpaired) electrons. The smallest absolute Gasteiger partial charge is 0.333 e. The molecule has 0 spiro atoms. The maximum absolute atomic E-state index is 11.3. The Bertz CT molecular complexity index is 233. The number of hydrogen-bond donors (Lipinski definition) is 0. The average Bonchev–Trinajstić information content (AvgIpc) is 1.97. The summed E-state index contributed by atoms with van der Waals surface area (Å²) in [5.41, 5.74) is -0.156. The minimum absolute atomic E-state index is 0.0953. The Kier molecular flexibility index (Phi) is 3.85. The molecule has 13 heavy (non-hydrogen) atoms. The highest BCUT2D eigenvalue weighted by atomic mass is 16.5. The Labute approximate surface area is 78.8 Å². The first-order chi connectivity index (χ1) is 5.75. The second-order valence-electron chi connectivity index (χ2n) is 4.03. The summed E-state index contributed by atoms with van der Waals surface area (Å²) >= 11 is 0. The molecule has 3 nitrogen and oxygen atoms in total. The van der Waals surface area contributed by atoms with Gasteiger partial charge in [0.05, 0.1) is 0 Å². The van der Waals surface area contributed by atoms with E-state index < -0.39 is 11.4 Å². The Hall–Kier alpha value is -1.12. The molecule has 0 aliphatic carbocycles. The molecule has 3 heteroatoms. The Balaban J connectivity index is 3.99. The summed E-state index contributed by atoms with van der Waals surface area (Å²) in [5, 5.41) is 0. The van der Waals surface area contributed by atoms with Crippen LogP contribution in [0.5, 0.6) is 0 Å². The van der Waals surface area contributed by atoms with E-state index in [1.54, 1.807) is 27.7 Å². The molecule has 0 saturated carbocycles. The first-order valence-corrected chi connectivity index (χ1v) is 4.11. The van der Waals surface area contributed by atoms with Crippen LogP contribution in [-0.2, 0) is 14.3 Å². The van der Waals surface area contributed by atoms with Gasteiger partial charge in [-0.15, -0.1) is 0 Å². The number of esters is 1. The maximum atomic E-state index is 11.3. The SMILES string of the molecule is C=C(C)C(=O)OCC(=O)C(C)(C)C. The van der Waals surface area contributed by atoms with Crippen LogP contribution in [0.3, 0.4) is 0 Å². The van der Waals surface area contributed by atoms with Crippen molar-refractivity contribution < 1.29 is 14.3 Å². The predicted octanol–water partition coefficient (Wildman–Crippen LogP) is 1.72. The van der Waals surface area contributed by atoms with E-state index in [1.165, 1.54) is 0 Å². The summed E-state index contributed by atoms with van der Waals surface area (Å²) in [6.45, 7) is 10.1. The molecule has 0 saturated heterocycles. The lowest BCUT2D eigenvalue weighted by molar-refractivity contribution is -0.146. The molecule has 0 aliphatic rings. The molecule has 0 unspecified atom stereocenters. The fourth-order valence-corrected chi connectivity index (χ4v) is 0.471. The first kappa shape index (κ1) is 11.9. The number of hydrogen-bond acceptors (Lipinski definition) is 3. The molecule has 0 aromatic heterocycles. The summed E-state index contributed by atoms with van der Waals surface area (Å²) in [6, 6.07) is 0. The van der Waals surface area contributed by atoms with Gasteiger partial charge in [0, 0.05) is 11.0 Å². The van der Waals surface area contributed by atoms with Crippen LogP contribution in [0.25, 0.3) is 0 Å². The fraction of sp³-hybridized carbons (Fsp3) is 0.600. The van der Waals surface area contributed by atoms with Crippen molar-refractivity contribution in [3.63, 3.8) is 0 Å². The molecule has 0 bridgehead atoms. The zero-order valence-corrected chi connectivity index (χ0v) is 8.64. The van der Waals surface area contributed by atoms with Gasteiger partial charge in [-0.25, -0.2) is 4.79 Å². The zero-order valence-electron chi connectivity index (χ0n) is 8.64. The van der Waals surface area contributed by atoms with Crippen LogP contribution in [-0.4, -0.2) is 18.4 Å². The van der Waals surface area contributed by atoms with Crippen LogP contribution in [0.4, 0.5) is 0 Å². The fourth-order valence-electron chi connectivity index (χ4n) is 0.471. The monoisotopic (exact) mass is 184 g/mol. The molecule has 0 atom stereocenters. The van der Waals surface area contributed by atoms with Gasteiger partial charge in [0.15, 0.2) is 12.4 Å². The molecule has 0 heterocycles. The van der Waals surface area contributed by atoms with Gasteiger partial charge in [0.1, 0.15) is 0 Å². The van der Waals surface area contributed by atoms with Crippen molar-refractivity contribution >= 4 is 11.8 Å². The highest BCUT2D eigenvalue weighted by Gasteiger charge is 2.22. The number of ketones is 1. The van der Waals surface area contributed by atoms with Crippen molar-refractivity contribution in [1.82, 2.24) is 0 Å². The van der Waals surface area contributed by atoms with Crippen molar-refractivity contribution in [2.75, 3.05) is 6.61 Å². The minimum Gasteiger partial charge on any atom is -0.454 e. The Morgan fingerprint density at radius 1 is 1.31 bits per heavy atom. The predicted molar refractivity (Wildman–Crippen MR) is 50.2 cm³/mol. The average molecular weight is 184 g/mol. The van der Waals surface area contributed by atoms with Crippen LogP contribution < -0.4 is 0 Å². The largest absolute Gasteiger partial charge is 0.454 e. The second kappa shape index (κ2) is 4.21. The number of carbonyl (C=O) groups is 2. The third kappa shape index (κ3) is 4.45. The molecule has 0 N–H and O–H groups in total. The highest BCUT2D eigenvalue weighted by molar-refractivity contribution is 5.91. The molecule has 0 aliphatic heterocycles. The van der Waals surface area contributed by atoms with Gasteiger partial charge in [-0.3, -0.25) is 4.79 Å². The van der Waals surface area contributed by atoms with Crippen LogP contribution in [0.15, 0.2) is 12.2 Å². The van der Waals surface area contributed by atoms with E-state index in [0.29, 0.717) is 5.57 Å². The third-order valence-electron chi connectivity index (χ3n) is 1.52. The second-order valence-corrected chi connectivity index (χ2v) is 4.03. The zero-order chi connectivity index (χ0) is 10.6. The van der Waals surface area contributed by atoms with Crippen LogP contribution in [0, 0.1) is 5.41 Å². The molecule has 0 aromatic rings. The van der Waals surface area contributed by atoms with Gasteiger partial charge in [-0.2, -0.15) is 0 Å². The van der Waals surface area contributed by atoms with Gasteiger partial charge in [0.2, 0.25) is 0 Å². The lowest BCUT2D eigenvalue weighted by atomic mass is 9.91. The molecular weight excluding hydrogens is 168 g/mol. The topological polar surface area (TPSA) is 43.4 Å². The summed E-state index contributed by atoms with van der Waals surface area (Å²) in [5.74, 6) is -0.611. The standard InChI is InChI=1S/C10H16O3/c1-7(2)9(12)13-6-8(11)10(3,4)5/h1,6H2,2-5H3. The summed E-state index contributed by atoms with van der Waals surface area (Å²) in [4.78, 5) is 22.2. The van der Waals surface area contributed by atoms with Crippen LogP contribution in [0.2, 0.25) is 0 Å². The van der Waals surface area contributed by atoms with Crippen molar-refractivity contribution in [3.05, 3.63) is 12.2 Å². The summed E-state index contributed by atoms with van der Waals surface area (Å²) < 4.78 is 4.70. The van der Waals surface area contributed by atoms with Gasteiger partial charge in [-0.05, 0) is 6.92 Å². The van der Waals surface area contributed by atoms with Gasteiger partial charge < -0.3 is 4.74 Å². The van der Waals surface area contributed by atoms with Crippen molar-refractivity contribution in [1.29, 1.82) is 0 Å². The van der Waals surface area contributed by atoms with E-state index in [-0.39, 0.29) is 12.4 Å². The highest BCUT2D eigenvalue weighted by Crippen LogP contribution is 2.14. The summed E-state index contributed by atoms with van der Waals surface area (Å²) in [6.07, 6.45) is 0. The van der Waals surface area contributed by atoms with E-state index in [4.69, 9.17) is 4.74 Å². The van der Waals surface area contributed by atoms with Crippen LogP contribution in [0.1, 0.15) is 27.7 Å². The van der Waals surface area contributed by atoms with Gasteiger partial charge >= 0.3 is 5.97 Å². The van der Waals surface area contributed by atoms with E-state index in [2.05, 4.69) is 6.58 Å². The van der Waals surface area contributed by atoms with E-state index in [0.717, 1.165) is 0 Å². The van der Waals surface area contributed by atoms with Crippen molar-refractivity contribution in [2.45, 2.75) is 27.7 Å².